The van der Waals surface area contributed by atoms with Gasteiger partial charge in [0.1, 0.15) is 16.4 Å². The molecule has 1 atom stereocenters. The molecule has 1 saturated heterocycles. The molecule has 2 fully saturated rings. The van der Waals surface area contributed by atoms with Gasteiger partial charge in [0.25, 0.3) is 11.8 Å². The van der Waals surface area contributed by atoms with Gasteiger partial charge < -0.3 is 25.6 Å². The van der Waals surface area contributed by atoms with Crippen molar-refractivity contribution in [3.63, 3.8) is 0 Å². The molecule has 2 aromatic heterocycles. The van der Waals surface area contributed by atoms with Crippen molar-refractivity contribution in [2.75, 3.05) is 13.6 Å². The van der Waals surface area contributed by atoms with Gasteiger partial charge in [-0.3, -0.25) is 9.59 Å². The van der Waals surface area contributed by atoms with Gasteiger partial charge in [-0.25, -0.2) is 4.98 Å². The molecule has 0 unspecified atom stereocenters. The van der Waals surface area contributed by atoms with E-state index in [1.54, 1.807) is 13.1 Å². The lowest BCUT2D eigenvalue weighted by atomic mass is 9.98. The minimum atomic E-state index is -1.69. The number of nitrogens with two attached hydrogens (primary N) is 1. The zero-order chi connectivity index (χ0) is 23.9. The second-order valence-corrected chi connectivity index (χ2v) is 10.1. The Morgan fingerprint density at radius 2 is 2.09 bits per heavy atom. The fraction of sp³-hybridized carbons (Fsp3) is 0.417. The summed E-state index contributed by atoms with van der Waals surface area (Å²) in [5.41, 5.74) is 6.28. The van der Waals surface area contributed by atoms with Crippen LogP contribution < -0.4 is 11.1 Å². The number of primary amides is 1. The summed E-state index contributed by atoms with van der Waals surface area (Å²) in [5.74, 6) is -0.806. The summed E-state index contributed by atoms with van der Waals surface area (Å²) in [6.45, 7) is 1.01. The Labute approximate surface area is 201 Å². The van der Waals surface area contributed by atoms with E-state index in [1.807, 2.05) is 24.3 Å². The van der Waals surface area contributed by atoms with Crippen molar-refractivity contribution in [3.8, 4) is 21.8 Å². The van der Waals surface area contributed by atoms with Crippen molar-refractivity contribution in [1.29, 1.82) is 0 Å². The van der Waals surface area contributed by atoms with Gasteiger partial charge in [-0.15, -0.1) is 11.3 Å². The molecule has 2 aliphatic rings. The monoisotopic (exact) mass is 481 g/mol. The standard InChI is InChI=1S/C24H27N5O4S/c1-29-10-9-24(32,23(29)31)19-12-17(28-33-19)14-5-4-6-15(11-14)22-27-20(21(25)30)18(34-22)13-26-16-7-2-3-8-16/h4-6,11-12,16,26,32H,2-3,7-10,13H2,1H3,(H2,25,30)/t24-/m1/s1. The largest absolute Gasteiger partial charge is 0.373 e. The minimum absolute atomic E-state index is 0.132. The number of hydrogen-bond donors (Lipinski definition) is 3. The van der Waals surface area contributed by atoms with E-state index in [-0.39, 0.29) is 12.2 Å². The number of aliphatic hydroxyl groups is 1. The number of carbonyl (C=O) groups is 2. The molecule has 0 spiro atoms. The summed E-state index contributed by atoms with van der Waals surface area (Å²) in [6, 6.07) is 9.60. The number of carbonyl (C=O) groups excluding carboxylic acids is 2. The first-order chi connectivity index (χ1) is 16.3. The van der Waals surface area contributed by atoms with Crippen LogP contribution in [-0.2, 0) is 16.9 Å². The summed E-state index contributed by atoms with van der Waals surface area (Å²) in [7, 11) is 1.65. The lowest BCUT2D eigenvalue weighted by Crippen LogP contribution is -2.35. The third kappa shape index (κ3) is 4.13. The molecule has 34 heavy (non-hydrogen) atoms. The molecular formula is C24H27N5O4S. The predicted molar refractivity (Wildman–Crippen MR) is 127 cm³/mol. The Hall–Kier alpha value is -3.08. The number of amides is 2. The van der Waals surface area contributed by atoms with E-state index >= 15 is 0 Å². The van der Waals surface area contributed by atoms with E-state index in [0.717, 1.165) is 28.8 Å². The highest BCUT2D eigenvalue weighted by atomic mass is 32.1. The van der Waals surface area contributed by atoms with Gasteiger partial charge in [-0.1, -0.05) is 36.2 Å². The molecule has 0 radical (unpaired) electrons. The van der Waals surface area contributed by atoms with Crippen LogP contribution in [0.4, 0.5) is 0 Å². The third-order valence-electron chi connectivity index (χ3n) is 6.67. The fourth-order valence-corrected chi connectivity index (χ4v) is 5.67. The number of benzene rings is 1. The number of nitrogens with zero attached hydrogens (tertiary/aromatic N) is 3. The molecule has 3 aromatic rings. The zero-order valence-corrected chi connectivity index (χ0v) is 19.7. The number of rotatable bonds is 7. The average molecular weight is 482 g/mol. The highest BCUT2D eigenvalue weighted by molar-refractivity contribution is 7.15. The van der Waals surface area contributed by atoms with Crippen LogP contribution in [-0.4, -0.2) is 51.6 Å². The van der Waals surface area contributed by atoms with E-state index in [1.165, 1.54) is 29.1 Å². The first-order valence-electron chi connectivity index (χ1n) is 11.4. The number of thiazole rings is 1. The van der Waals surface area contributed by atoms with Crippen molar-refractivity contribution < 1.29 is 19.2 Å². The van der Waals surface area contributed by atoms with Crippen molar-refractivity contribution >= 4 is 23.2 Å². The number of likely N-dealkylation sites (N-methyl/N-ethyl adjacent to an activating group) is 1. The molecule has 1 aromatic carbocycles. The second kappa shape index (κ2) is 8.94. The summed E-state index contributed by atoms with van der Waals surface area (Å²) in [4.78, 5) is 31.2. The third-order valence-corrected chi connectivity index (χ3v) is 7.77. The van der Waals surface area contributed by atoms with Crippen LogP contribution in [0.15, 0.2) is 34.9 Å². The number of aromatic nitrogens is 2. The predicted octanol–water partition coefficient (Wildman–Crippen LogP) is 2.65. The number of nitrogens with one attached hydrogen (secondary N) is 1. The Balaban J connectivity index is 1.40. The van der Waals surface area contributed by atoms with Gasteiger partial charge in [0.2, 0.25) is 5.60 Å². The minimum Gasteiger partial charge on any atom is -0.373 e. The molecule has 5 rings (SSSR count). The van der Waals surface area contributed by atoms with E-state index in [4.69, 9.17) is 10.3 Å². The number of hydrogen-bond acceptors (Lipinski definition) is 8. The van der Waals surface area contributed by atoms with E-state index in [9.17, 15) is 14.7 Å². The van der Waals surface area contributed by atoms with Crippen LogP contribution in [0.2, 0.25) is 0 Å². The van der Waals surface area contributed by atoms with Gasteiger partial charge in [0.05, 0.1) is 4.88 Å². The molecule has 1 aliphatic carbocycles. The van der Waals surface area contributed by atoms with Crippen LogP contribution in [0, 0.1) is 0 Å². The molecule has 10 heteroatoms. The SMILES string of the molecule is CN1CC[C@@](O)(c2cc(-c3cccc(-c4nc(C(N)=O)c(CNC5CCCC5)s4)c3)no2)C1=O. The van der Waals surface area contributed by atoms with Crippen molar-refractivity contribution in [2.45, 2.75) is 50.3 Å². The molecular weight excluding hydrogens is 454 g/mol. The van der Waals surface area contributed by atoms with Crippen LogP contribution in [0.3, 0.4) is 0 Å². The quantitative estimate of drug-likeness (QED) is 0.472. The summed E-state index contributed by atoms with van der Waals surface area (Å²) >= 11 is 1.45. The van der Waals surface area contributed by atoms with E-state index in [0.29, 0.717) is 35.5 Å². The molecule has 9 nitrogen and oxygen atoms in total. The van der Waals surface area contributed by atoms with Crippen LogP contribution in [0.1, 0.15) is 53.2 Å². The maximum atomic E-state index is 12.4. The molecule has 1 saturated carbocycles. The Kier molecular flexibility index (Phi) is 5.97. The molecule has 178 valence electrons. The first-order valence-corrected chi connectivity index (χ1v) is 12.3. The van der Waals surface area contributed by atoms with Crippen LogP contribution in [0.25, 0.3) is 21.8 Å². The Bertz CT molecular complexity index is 1230. The average Bonchev–Trinajstić information content (AvgIpc) is 3.63. The highest BCUT2D eigenvalue weighted by Crippen LogP contribution is 2.36. The van der Waals surface area contributed by atoms with Crippen LogP contribution >= 0.6 is 11.3 Å². The maximum absolute atomic E-state index is 12.4. The number of likely N-dealkylation sites (tertiary alicyclic amines) is 1. The first kappa shape index (κ1) is 22.7. The molecule has 4 N–H and O–H groups in total. The molecule has 2 amide bonds. The van der Waals surface area contributed by atoms with E-state index in [2.05, 4.69) is 15.5 Å². The van der Waals surface area contributed by atoms with Crippen LogP contribution in [0.5, 0.6) is 0 Å². The zero-order valence-electron chi connectivity index (χ0n) is 18.9. The molecule has 0 bridgehead atoms. The van der Waals surface area contributed by atoms with Gasteiger partial charge in [0, 0.05) is 49.8 Å². The van der Waals surface area contributed by atoms with Gasteiger partial charge >= 0.3 is 0 Å². The van der Waals surface area contributed by atoms with Crippen molar-refractivity contribution in [2.24, 2.45) is 5.73 Å². The lowest BCUT2D eigenvalue weighted by Gasteiger charge is -2.16. The normalized spacial score (nSPS) is 21.0. The maximum Gasteiger partial charge on any atom is 0.268 e. The van der Waals surface area contributed by atoms with Crippen molar-refractivity contribution in [1.82, 2.24) is 20.4 Å². The van der Waals surface area contributed by atoms with E-state index < -0.39 is 17.4 Å². The lowest BCUT2D eigenvalue weighted by molar-refractivity contribution is -0.144. The van der Waals surface area contributed by atoms with Gasteiger partial charge in [-0.2, -0.15) is 0 Å². The smallest absolute Gasteiger partial charge is 0.268 e. The second-order valence-electron chi connectivity index (χ2n) is 9.01. The van der Waals surface area contributed by atoms with Gasteiger partial charge in [-0.05, 0) is 18.9 Å². The fourth-order valence-electron chi connectivity index (χ4n) is 4.65. The highest BCUT2D eigenvalue weighted by Gasteiger charge is 2.48. The topological polar surface area (TPSA) is 135 Å². The Morgan fingerprint density at radius 3 is 2.79 bits per heavy atom. The summed E-state index contributed by atoms with van der Waals surface area (Å²) in [5, 5.41) is 19.1. The Morgan fingerprint density at radius 1 is 1.32 bits per heavy atom. The molecule has 1 aliphatic heterocycles. The molecule has 3 heterocycles. The summed E-state index contributed by atoms with van der Waals surface area (Å²) in [6.07, 6.45) is 5.01. The van der Waals surface area contributed by atoms with Crippen molar-refractivity contribution in [3.05, 3.63) is 46.7 Å². The summed E-state index contributed by atoms with van der Waals surface area (Å²) < 4.78 is 5.38. The van der Waals surface area contributed by atoms with Gasteiger partial charge in [0.15, 0.2) is 5.76 Å².